The molecule has 0 N–H and O–H groups in total. The van der Waals surface area contributed by atoms with Gasteiger partial charge < -0.3 is 4.42 Å². The predicted octanol–water partition coefficient (Wildman–Crippen LogP) is 6.26. The SMILES string of the molecule is O=C(CCSc1ccccc1)N(Cc1ccco1)c1nc2ccc(Cl)cc2s1. The molecule has 2 aromatic carbocycles. The number of thioether (sulfide) groups is 1. The fourth-order valence-corrected chi connectivity index (χ4v) is 4.85. The summed E-state index contributed by atoms with van der Waals surface area (Å²) in [6.07, 6.45) is 2.03. The van der Waals surface area contributed by atoms with Crippen molar-refractivity contribution in [1.82, 2.24) is 4.98 Å². The Morgan fingerprint density at radius 3 is 2.79 bits per heavy atom. The maximum atomic E-state index is 13.0. The second-order valence-corrected chi connectivity index (χ2v) is 8.69. The quantitative estimate of drug-likeness (QED) is 0.326. The Hall–Kier alpha value is -2.28. The van der Waals surface area contributed by atoms with E-state index >= 15 is 0 Å². The third-order valence-corrected chi connectivity index (χ3v) is 6.38. The second-order valence-electron chi connectivity index (χ2n) is 6.08. The van der Waals surface area contributed by atoms with E-state index in [1.54, 1.807) is 22.9 Å². The average molecular weight is 429 g/mol. The number of fused-ring (bicyclic) bond motifs is 1. The van der Waals surface area contributed by atoms with Crippen molar-refractivity contribution in [1.29, 1.82) is 0 Å². The zero-order chi connectivity index (χ0) is 19.3. The summed E-state index contributed by atoms with van der Waals surface area (Å²) in [6, 6.07) is 19.3. The lowest BCUT2D eigenvalue weighted by Gasteiger charge is -2.18. The monoisotopic (exact) mass is 428 g/mol. The summed E-state index contributed by atoms with van der Waals surface area (Å²) in [4.78, 5) is 20.5. The van der Waals surface area contributed by atoms with Crippen LogP contribution in [0.1, 0.15) is 12.2 Å². The Labute approximate surface area is 176 Å². The number of carbonyl (C=O) groups is 1. The highest BCUT2D eigenvalue weighted by atomic mass is 35.5. The number of aromatic nitrogens is 1. The summed E-state index contributed by atoms with van der Waals surface area (Å²) in [7, 11) is 0. The van der Waals surface area contributed by atoms with E-state index < -0.39 is 0 Å². The van der Waals surface area contributed by atoms with E-state index in [0.717, 1.165) is 20.9 Å². The van der Waals surface area contributed by atoms with Crippen LogP contribution < -0.4 is 4.90 Å². The predicted molar refractivity (Wildman–Crippen MR) is 116 cm³/mol. The van der Waals surface area contributed by atoms with Crippen molar-refractivity contribution in [3.63, 3.8) is 0 Å². The lowest BCUT2D eigenvalue weighted by Crippen LogP contribution is -2.30. The van der Waals surface area contributed by atoms with Crippen LogP contribution in [0, 0.1) is 0 Å². The molecule has 2 aromatic heterocycles. The van der Waals surface area contributed by atoms with Gasteiger partial charge in [0.25, 0.3) is 0 Å². The molecule has 4 rings (SSSR count). The summed E-state index contributed by atoms with van der Waals surface area (Å²) >= 11 is 9.22. The molecule has 0 fully saturated rings. The molecule has 0 unspecified atom stereocenters. The second kappa shape index (κ2) is 8.82. The number of benzene rings is 2. The Balaban J connectivity index is 1.52. The van der Waals surface area contributed by atoms with Gasteiger partial charge in [0.1, 0.15) is 5.76 Å². The van der Waals surface area contributed by atoms with Crippen molar-refractivity contribution in [2.45, 2.75) is 17.9 Å². The average Bonchev–Trinajstić information content (AvgIpc) is 3.36. The Bertz CT molecular complexity index is 1060. The van der Waals surface area contributed by atoms with Gasteiger partial charge in [-0.05, 0) is 42.5 Å². The van der Waals surface area contributed by atoms with Gasteiger partial charge in [-0.25, -0.2) is 4.98 Å². The molecule has 0 bridgehead atoms. The molecule has 0 saturated carbocycles. The van der Waals surface area contributed by atoms with Crippen LogP contribution in [0.3, 0.4) is 0 Å². The smallest absolute Gasteiger partial charge is 0.230 e. The minimum Gasteiger partial charge on any atom is -0.467 e. The number of thiazole rings is 1. The summed E-state index contributed by atoms with van der Waals surface area (Å²) in [5.74, 6) is 1.44. The maximum Gasteiger partial charge on any atom is 0.230 e. The van der Waals surface area contributed by atoms with Crippen LogP contribution in [-0.2, 0) is 11.3 Å². The van der Waals surface area contributed by atoms with Gasteiger partial charge in [-0.3, -0.25) is 9.69 Å². The first-order valence-electron chi connectivity index (χ1n) is 8.76. The van der Waals surface area contributed by atoms with E-state index in [9.17, 15) is 4.79 Å². The van der Waals surface area contributed by atoms with Crippen molar-refractivity contribution in [2.24, 2.45) is 0 Å². The minimum absolute atomic E-state index is 0.0185. The van der Waals surface area contributed by atoms with Gasteiger partial charge in [0.2, 0.25) is 5.91 Å². The van der Waals surface area contributed by atoms with Crippen LogP contribution >= 0.6 is 34.7 Å². The molecular formula is C21H17ClN2O2S2. The largest absolute Gasteiger partial charge is 0.467 e. The molecule has 4 aromatic rings. The van der Waals surface area contributed by atoms with Crippen LogP contribution in [0.2, 0.25) is 5.02 Å². The van der Waals surface area contributed by atoms with E-state index in [0.29, 0.717) is 28.9 Å². The molecule has 0 spiro atoms. The molecule has 0 aliphatic rings. The molecule has 7 heteroatoms. The Morgan fingerprint density at radius 1 is 1.14 bits per heavy atom. The molecule has 4 nitrogen and oxygen atoms in total. The van der Waals surface area contributed by atoms with Gasteiger partial charge in [0, 0.05) is 22.1 Å². The standard InChI is InChI=1S/C21H17ClN2O2S2/c22-15-8-9-18-19(13-15)28-21(23-18)24(14-16-5-4-11-26-16)20(25)10-12-27-17-6-2-1-3-7-17/h1-9,11,13H,10,12,14H2. The molecule has 0 saturated heterocycles. The van der Waals surface area contributed by atoms with Crippen LogP contribution in [0.25, 0.3) is 10.2 Å². The van der Waals surface area contributed by atoms with E-state index in [1.807, 2.05) is 60.7 Å². The Kier molecular flexibility index (Phi) is 6.00. The van der Waals surface area contributed by atoms with Crippen LogP contribution in [0.4, 0.5) is 5.13 Å². The van der Waals surface area contributed by atoms with Crippen LogP contribution in [0.15, 0.2) is 76.2 Å². The van der Waals surface area contributed by atoms with E-state index in [1.165, 1.54) is 11.3 Å². The fourth-order valence-electron chi connectivity index (χ4n) is 2.73. The van der Waals surface area contributed by atoms with Gasteiger partial charge in [-0.2, -0.15) is 0 Å². The molecule has 0 aliphatic carbocycles. The van der Waals surface area contributed by atoms with Gasteiger partial charge in [0.05, 0.1) is 23.0 Å². The van der Waals surface area contributed by atoms with Gasteiger partial charge in [-0.15, -0.1) is 11.8 Å². The van der Waals surface area contributed by atoms with E-state index in [-0.39, 0.29) is 5.91 Å². The molecule has 0 atom stereocenters. The number of nitrogens with zero attached hydrogens (tertiary/aromatic N) is 2. The molecule has 0 radical (unpaired) electrons. The molecule has 142 valence electrons. The number of rotatable bonds is 7. The first-order chi connectivity index (χ1) is 13.7. The van der Waals surface area contributed by atoms with E-state index in [4.69, 9.17) is 16.0 Å². The molecule has 2 heterocycles. The summed E-state index contributed by atoms with van der Waals surface area (Å²) < 4.78 is 6.42. The zero-order valence-electron chi connectivity index (χ0n) is 14.9. The highest BCUT2D eigenvalue weighted by molar-refractivity contribution is 7.99. The first kappa shape index (κ1) is 19.1. The van der Waals surface area contributed by atoms with Crippen molar-refractivity contribution < 1.29 is 9.21 Å². The molecule has 0 aliphatic heterocycles. The van der Waals surface area contributed by atoms with Gasteiger partial charge >= 0.3 is 0 Å². The molecule has 28 heavy (non-hydrogen) atoms. The van der Waals surface area contributed by atoms with Gasteiger partial charge in [-0.1, -0.05) is 41.1 Å². The van der Waals surface area contributed by atoms with E-state index in [2.05, 4.69) is 4.98 Å². The maximum absolute atomic E-state index is 13.0. The molecule has 1 amide bonds. The highest BCUT2D eigenvalue weighted by Crippen LogP contribution is 2.32. The fraction of sp³-hybridized carbons (Fsp3) is 0.143. The summed E-state index contributed by atoms with van der Waals surface area (Å²) in [6.45, 7) is 0.357. The molecular weight excluding hydrogens is 412 g/mol. The highest BCUT2D eigenvalue weighted by Gasteiger charge is 2.21. The van der Waals surface area contributed by atoms with Crippen molar-refractivity contribution in [3.05, 3.63) is 77.7 Å². The number of halogens is 1. The van der Waals surface area contributed by atoms with Crippen molar-refractivity contribution in [2.75, 3.05) is 10.7 Å². The third kappa shape index (κ3) is 4.58. The first-order valence-corrected chi connectivity index (χ1v) is 10.9. The number of furan rings is 1. The van der Waals surface area contributed by atoms with Crippen LogP contribution in [0.5, 0.6) is 0 Å². The number of carbonyl (C=O) groups excluding carboxylic acids is 1. The van der Waals surface area contributed by atoms with Gasteiger partial charge in [0.15, 0.2) is 5.13 Å². The number of hydrogen-bond donors (Lipinski definition) is 0. The topological polar surface area (TPSA) is 46.3 Å². The summed E-state index contributed by atoms with van der Waals surface area (Å²) in [5, 5.41) is 1.31. The zero-order valence-corrected chi connectivity index (χ0v) is 17.3. The minimum atomic E-state index is 0.0185. The van der Waals surface area contributed by atoms with Crippen molar-refractivity contribution in [3.8, 4) is 0 Å². The Morgan fingerprint density at radius 2 is 2.00 bits per heavy atom. The summed E-state index contributed by atoms with van der Waals surface area (Å²) in [5.41, 5.74) is 0.834. The normalized spacial score (nSPS) is 11.0. The lowest BCUT2D eigenvalue weighted by atomic mass is 10.3. The lowest BCUT2D eigenvalue weighted by molar-refractivity contribution is -0.118. The van der Waals surface area contributed by atoms with Crippen LogP contribution in [-0.4, -0.2) is 16.6 Å². The third-order valence-electron chi connectivity index (χ3n) is 4.09. The number of amides is 1. The number of anilines is 1. The number of hydrogen-bond acceptors (Lipinski definition) is 5. The van der Waals surface area contributed by atoms with Crippen molar-refractivity contribution >= 4 is 56.0 Å².